The van der Waals surface area contributed by atoms with Gasteiger partial charge in [-0.05, 0) is 24.0 Å². The van der Waals surface area contributed by atoms with E-state index < -0.39 is 12.2 Å². The van der Waals surface area contributed by atoms with Crippen LogP contribution in [-0.4, -0.2) is 41.6 Å². The van der Waals surface area contributed by atoms with Crippen LogP contribution in [0.2, 0.25) is 0 Å². The molecule has 3 rings (SSSR count). The molecule has 1 saturated heterocycles. The molecule has 4 nitrogen and oxygen atoms in total. The van der Waals surface area contributed by atoms with Crippen LogP contribution in [0.3, 0.4) is 0 Å². The van der Waals surface area contributed by atoms with Crippen molar-refractivity contribution in [2.75, 3.05) is 13.1 Å². The van der Waals surface area contributed by atoms with E-state index in [1.807, 2.05) is 0 Å². The number of aliphatic hydroxyl groups is 2. The predicted octanol–water partition coefficient (Wildman–Crippen LogP) is -0.0429. The van der Waals surface area contributed by atoms with Gasteiger partial charge in [-0.3, -0.25) is 0 Å². The van der Waals surface area contributed by atoms with Gasteiger partial charge in [0.2, 0.25) is 0 Å². The molecular formula is C14H20N2O2. The number of nitrogens with one attached hydrogen (secondary N) is 2. The summed E-state index contributed by atoms with van der Waals surface area (Å²) < 4.78 is 0. The highest BCUT2D eigenvalue weighted by Gasteiger charge is 2.33. The maximum absolute atomic E-state index is 9.77. The number of rotatable bonds is 3. The zero-order valence-electron chi connectivity index (χ0n) is 10.3. The summed E-state index contributed by atoms with van der Waals surface area (Å²) in [5, 5.41) is 25.9. The third kappa shape index (κ3) is 2.17. The SMILES string of the molecule is O[C@H]1[C@@H](O)CN[C@@H]1CN[C@H]1CCc2ccccc21. The van der Waals surface area contributed by atoms with E-state index in [1.54, 1.807) is 0 Å². The van der Waals surface area contributed by atoms with Crippen LogP contribution in [0.5, 0.6) is 0 Å². The molecule has 98 valence electrons. The van der Waals surface area contributed by atoms with Gasteiger partial charge < -0.3 is 20.8 Å². The number of hydrogen-bond acceptors (Lipinski definition) is 4. The molecule has 0 saturated carbocycles. The fourth-order valence-electron chi connectivity index (χ4n) is 3.01. The maximum Gasteiger partial charge on any atom is 0.0976 e. The fraction of sp³-hybridized carbons (Fsp3) is 0.571. The summed E-state index contributed by atoms with van der Waals surface area (Å²) in [5.74, 6) is 0. The van der Waals surface area contributed by atoms with E-state index in [-0.39, 0.29) is 6.04 Å². The second-order valence-corrected chi connectivity index (χ2v) is 5.27. The first-order chi connectivity index (χ1) is 8.75. The molecule has 1 aliphatic carbocycles. The van der Waals surface area contributed by atoms with Crippen LogP contribution >= 0.6 is 0 Å². The second-order valence-electron chi connectivity index (χ2n) is 5.27. The summed E-state index contributed by atoms with van der Waals surface area (Å²) in [6.07, 6.45) is 0.948. The Morgan fingerprint density at radius 1 is 1.28 bits per heavy atom. The lowest BCUT2D eigenvalue weighted by atomic mass is 10.1. The lowest BCUT2D eigenvalue weighted by molar-refractivity contribution is 0.0403. The Balaban J connectivity index is 1.59. The minimum atomic E-state index is -0.658. The van der Waals surface area contributed by atoms with Gasteiger partial charge in [-0.15, -0.1) is 0 Å². The van der Waals surface area contributed by atoms with Crippen molar-refractivity contribution in [3.8, 4) is 0 Å². The van der Waals surface area contributed by atoms with Crippen LogP contribution in [0.15, 0.2) is 24.3 Å². The Morgan fingerprint density at radius 2 is 2.11 bits per heavy atom. The summed E-state index contributed by atoms with van der Waals surface area (Å²) in [6, 6.07) is 8.85. The summed E-state index contributed by atoms with van der Waals surface area (Å²) in [6.45, 7) is 1.17. The molecule has 4 atom stereocenters. The average molecular weight is 248 g/mol. The van der Waals surface area contributed by atoms with Crippen molar-refractivity contribution in [3.05, 3.63) is 35.4 Å². The molecule has 2 aliphatic rings. The number of aryl methyl sites for hydroxylation is 1. The molecule has 4 N–H and O–H groups in total. The standard InChI is InChI=1S/C14H20N2O2/c17-13-8-16-12(14(13)18)7-15-11-6-5-9-3-1-2-4-10(9)11/h1-4,11-18H,5-8H2/t11-,12+,13-,14+/m0/s1. The molecule has 0 spiro atoms. The summed E-state index contributed by atoms with van der Waals surface area (Å²) in [7, 11) is 0. The third-order valence-electron chi connectivity index (χ3n) is 4.11. The molecule has 1 fully saturated rings. The Labute approximate surface area is 107 Å². The normalized spacial score (nSPS) is 34.8. The first kappa shape index (κ1) is 12.1. The number of β-amino-alcohol motifs (C(OH)–C–C–N with tert-alkyl or cyclic N) is 1. The number of benzene rings is 1. The number of hydrogen-bond donors (Lipinski definition) is 4. The van der Waals surface area contributed by atoms with Crippen molar-refractivity contribution >= 4 is 0 Å². The topological polar surface area (TPSA) is 64.5 Å². The quantitative estimate of drug-likeness (QED) is 0.606. The first-order valence-corrected chi connectivity index (χ1v) is 6.66. The monoisotopic (exact) mass is 248 g/mol. The minimum Gasteiger partial charge on any atom is -0.389 e. The van der Waals surface area contributed by atoms with Gasteiger partial charge in [0.15, 0.2) is 0 Å². The summed E-state index contributed by atoms with van der Waals surface area (Å²) in [5.41, 5.74) is 2.81. The van der Waals surface area contributed by atoms with E-state index in [2.05, 4.69) is 34.9 Å². The van der Waals surface area contributed by atoms with Crippen molar-refractivity contribution in [1.82, 2.24) is 10.6 Å². The van der Waals surface area contributed by atoms with Crippen molar-refractivity contribution < 1.29 is 10.2 Å². The zero-order chi connectivity index (χ0) is 12.5. The van der Waals surface area contributed by atoms with Gasteiger partial charge in [-0.25, -0.2) is 0 Å². The lowest BCUT2D eigenvalue weighted by Crippen LogP contribution is -2.42. The molecular weight excluding hydrogens is 228 g/mol. The Hall–Kier alpha value is -0.940. The summed E-state index contributed by atoms with van der Waals surface area (Å²) in [4.78, 5) is 0. The maximum atomic E-state index is 9.77. The van der Waals surface area contributed by atoms with Crippen LogP contribution < -0.4 is 10.6 Å². The van der Waals surface area contributed by atoms with Gasteiger partial charge in [-0.2, -0.15) is 0 Å². The third-order valence-corrected chi connectivity index (χ3v) is 4.11. The highest BCUT2D eigenvalue weighted by Crippen LogP contribution is 2.30. The zero-order valence-corrected chi connectivity index (χ0v) is 10.3. The van der Waals surface area contributed by atoms with E-state index >= 15 is 0 Å². The molecule has 0 unspecified atom stereocenters. The van der Waals surface area contributed by atoms with E-state index in [9.17, 15) is 10.2 Å². The molecule has 1 heterocycles. The Morgan fingerprint density at radius 3 is 2.89 bits per heavy atom. The first-order valence-electron chi connectivity index (χ1n) is 6.66. The Kier molecular flexibility index (Phi) is 3.35. The highest BCUT2D eigenvalue weighted by molar-refractivity contribution is 5.34. The average Bonchev–Trinajstić information content (AvgIpc) is 2.94. The van der Waals surface area contributed by atoms with E-state index in [0.717, 1.165) is 12.8 Å². The van der Waals surface area contributed by atoms with Crippen molar-refractivity contribution in [3.63, 3.8) is 0 Å². The highest BCUT2D eigenvalue weighted by atomic mass is 16.3. The molecule has 0 radical (unpaired) electrons. The lowest BCUT2D eigenvalue weighted by Gasteiger charge is -2.20. The van der Waals surface area contributed by atoms with E-state index in [0.29, 0.717) is 19.1 Å². The molecule has 0 amide bonds. The van der Waals surface area contributed by atoms with Crippen LogP contribution in [0.1, 0.15) is 23.6 Å². The predicted molar refractivity (Wildman–Crippen MR) is 69.3 cm³/mol. The molecule has 1 aromatic rings. The van der Waals surface area contributed by atoms with Crippen LogP contribution in [-0.2, 0) is 6.42 Å². The van der Waals surface area contributed by atoms with Gasteiger partial charge >= 0.3 is 0 Å². The molecule has 1 aliphatic heterocycles. The molecule has 0 aromatic heterocycles. The van der Waals surface area contributed by atoms with Crippen molar-refractivity contribution in [2.24, 2.45) is 0 Å². The van der Waals surface area contributed by atoms with Crippen LogP contribution in [0.4, 0.5) is 0 Å². The smallest absolute Gasteiger partial charge is 0.0976 e. The fourth-order valence-corrected chi connectivity index (χ4v) is 3.01. The number of aliphatic hydroxyl groups excluding tert-OH is 2. The van der Waals surface area contributed by atoms with Crippen molar-refractivity contribution in [1.29, 1.82) is 0 Å². The molecule has 0 bridgehead atoms. The largest absolute Gasteiger partial charge is 0.389 e. The van der Waals surface area contributed by atoms with Gasteiger partial charge in [0.1, 0.15) is 0 Å². The van der Waals surface area contributed by atoms with Gasteiger partial charge in [0.05, 0.1) is 12.2 Å². The van der Waals surface area contributed by atoms with Crippen LogP contribution in [0.25, 0.3) is 0 Å². The van der Waals surface area contributed by atoms with Gasteiger partial charge in [0.25, 0.3) is 0 Å². The second kappa shape index (κ2) is 4.97. The van der Waals surface area contributed by atoms with E-state index in [4.69, 9.17) is 0 Å². The van der Waals surface area contributed by atoms with Crippen LogP contribution in [0, 0.1) is 0 Å². The van der Waals surface area contributed by atoms with Gasteiger partial charge in [0, 0.05) is 25.2 Å². The Bertz CT molecular complexity index is 424. The summed E-state index contributed by atoms with van der Waals surface area (Å²) >= 11 is 0. The molecule has 4 heteroatoms. The van der Waals surface area contributed by atoms with E-state index in [1.165, 1.54) is 11.1 Å². The number of fused-ring (bicyclic) bond motifs is 1. The minimum absolute atomic E-state index is 0.0484. The molecule has 18 heavy (non-hydrogen) atoms. The van der Waals surface area contributed by atoms with Gasteiger partial charge in [-0.1, -0.05) is 24.3 Å². The van der Waals surface area contributed by atoms with Crippen molar-refractivity contribution in [2.45, 2.75) is 37.1 Å². The molecule has 1 aromatic carbocycles.